The van der Waals surface area contributed by atoms with Crippen LogP contribution in [-0.4, -0.2) is 31.9 Å². The summed E-state index contributed by atoms with van der Waals surface area (Å²) in [4.78, 5) is 37.4. The Labute approximate surface area is 152 Å². The highest BCUT2D eigenvalue weighted by molar-refractivity contribution is 6.01. The molecule has 8 heteroatoms. The minimum atomic E-state index is -0.631. The molecule has 0 radical (unpaired) electrons. The third-order valence-electron chi connectivity index (χ3n) is 3.61. The molecule has 0 aliphatic heterocycles. The maximum Gasteiger partial charge on any atom is 0.233 e. The number of aliphatic hydroxyl groups is 1. The highest BCUT2D eigenvalue weighted by atomic mass is 16.3. The number of carbonyl (C=O) groups excluding carboxylic acids is 2. The number of fused-ring (bicyclic) bond motifs is 1. The average molecular weight is 359 g/mol. The summed E-state index contributed by atoms with van der Waals surface area (Å²) in [6.45, 7) is 10.5. The first-order valence-electron chi connectivity index (χ1n) is 8.32. The Balaban J connectivity index is 2.53. The molecule has 0 spiro atoms. The molecule has 8 nitrogen and oxygen atoms in total. The van der Waals surface area contributed by atoms with Gasteiger partial charge in [0.25, 0.3) is 0 Å². The van der Waals surface area contributed by atoms with E-state index in [0.29, 0.717) is 16.6 Å². The average Bonchev–Trinajstić information content (AvgIpc) is 2.52. The molecule has 0 saturated heterocycles. The molecule has 2 heterocycles. The Kier molecular flexibility index (Phi) is 5.27. The summed E-state index contributed by atoms with van der Waals surface area (Å²) >= 11 is 0. The monoisotopic (exact) mass is 359 g/mol. The van der Waals surface area contributed by atoms with Crippen molar-refractivity contribution < 1.29 is 14.7 Å². The SMILES string of the molecule is CC(C)(C)C(=O)Nc1nc(NC(=O)C(C)(C)C)c2cc(CO)cnc2n1. The number of nitrogens with zero attached hydrogens (tertiary/aromatic N) is 3. The van der Waals surface area contributed by atoms with E-state index in [4.69, 9.17) is 0 Å². The largest absolute Gasteiger partial charge is 0.392 e. The van der Waals surface area contributed by atoms with Crippen molar-refractivity contribution in [1.29, 1.82) is 0 Å². The zero-order valence-corrected chi connectivity index (χ0v) is 16.0. The van der Waals surface area contributed by atoms with Gasteiger partial charge in [-0.25, -0.2) is 4.98 Å². The molecule has 2 rings (SSSR count). The van der Waals surface area contributed by atoms with Crippen LogP contribution in [0.3, 0.4) is 0 Å². The number of rotatable bonds is 3. The minimum Gasteiger partial charge on any atom is -0.392 e. The van der Waals surface area contributed by atoms with Gasteiger partial charge in [0, 0.05) is 17.0 Å². The fourth-order valence-electron chi connectivity index (χ4n) is 1.88. The zero-order valence-electron chi connectivity index (χ0n) is 16.0. The van der Waals surface area contributed by atoms with Crippen LogP contribution in [0, 0.1) is 10.8 Å². The topological polar surface area (TPSA) is 117 Å². The van der Waals surface area contributed by atoms with Gasteiger partial charge >= 0.3 is 0 Å². The van der Waals surface area contributed by atoms with Gasteiger partial charge in [0.15, 0.2) is 5.65 Å². The van der Waals surface area contributed by atoms with Crippen molar-refractivity contribution in [3.05, 3.63) is 17.8 Å². The molecule has 0 aliphatic carbocycles. The lowest BCUT2D eigenvalue weighted by Crippen LogP contribution is -2.30. The Morgan fingerprint density at radius 1 is 1.00 bits per heavy atom. The van der Waals surface area contributed by atoms with Crippen molar-refractivity contribution in [2.75, 3.05) is 10.6 Å². The standard InChI is InChI=1S/C18H25N5O3/c1-17(2,3)14(25)20-13-11-7-10(9-24)8-19-12(11)21-16(22-13)23-15(26)18(4,5)6/h7-8,24H,9H2,1-6H3,(H2,19,20,21,22,23,25,26). The third kappa shape index (κ3) is 4.51. The predicted octanol–water partition coefficient (Wildman–Crippen LogP) is 2.49. The molecule has 0 atom stereocenters. The minimum absolute atomic E-state index is 0.0610. The summed E-state index contributed by atoms with van der Waals surface area (Å²) in [7, 11) is 0. The summed E-state index contributed by atoms with van der Waals surface area (Å²) in [5.74, 6) is -0.190. The summed E-state index contributed by atoms with van der Waals surface area (Å²) in [6, 6.07) is 1.66. The van der Waals surface area contributed by atoms with Gasteiger partial charge in [0.1, 0.15) is 5.82 Å². The number of pyridine rings is 1. The van der Waals surface area contributed by atoms with Crippen molar-refractivity contribution in [2.24, 2.45) is 10.8 Å². The van der Waals surface area contributed by atoms with Crippen LogP contribution in [0.25, 0.3) is 11.0 Å². The maximum absolute atomic E-state index is 12.4. The van der Waals surface area contributed by atoms with Crippen LogP contribution in [0.5, 0.6) is 0 Å². The van der Waals surface area contributed by atoms with Crippen LogP contribution >= 0.6 is 0 Å². The van der Waals surface area contributed by atoms with Crippen LogP contribution in [0.4, 0.5) is 11.8 Å². The fraction of sp³-hybridized carbons (Fsp3) is 0.500. The summed E-state index contributed by atoms with van der Waals surface area (Å²) in [5.41, 5.74) is -0.375. The van der Waals surface area contributed by atoms with E-state index < -0.39 is 10.8 Å². The van der Waals surface area contributed by atoms with Crippen molar-refractivity contribution in [3.8, 4) is 0 Å². The van der Waals surface area contributed by atoms with Crippen LogP contribution in [0.15, 0.2) is 12.3 Å². The molecule has 0 fully saturated rings. The van der Waals surface area contributed by atoms with E-state index in [9.17, 15) is 14.7 Å². The summed E-state index contributed by atoms with van der Waals surface area (Å²) < 4.78 is 0. The molecule has 2 aromatic rings. The highest BCUT2D eigenvalue weighted by Crippen LogP contribution is 2.25. The maximum atomic E-state index is 12.4. The number of aliphatic hydroxyl groups excluding tert-OH is 1. The lowest BCUT2D eigenvalue weighted by atomic mass is 9.95. The normalized spacial score (nSPS) is 12.1. The predicted molar refractivity (Wildman–Crippen MR) is 99.4 cm³/mol. The van der Waals surface area contributed by atoms with Crippen LogP contribution in [0.1, 0.15) is 47.1 Å². The van der Waals surface area contributed by atoms with E-state index in [-0.39, 0.29) is 30.2 Å². The van der Waals surface area contributed by atoms with Gasteiger partial charge in [-0.3, -0.25) is 14.9 Å². The molecule has 0 bridgehead atoms. The van der Waals surface area contributed by atoms with Crippen molar-refractivity contribution in [1.82, 2.24) is 15.0 Å². The first-order chi connectivity index (χ1) is 11.9. The molecule has 0 unspecified atom stereocenters. The number of amides is 2. The number of hydrogen-bond acceptors (Lipinski definition) is 6. The molecule has 2 amide bonds. The number of nitrogens with one attached hydrogen (secondary N) is 2. The van der Waals surface area contributed by atoms with Crippen LogP contribution < -0.4 is 10.6 Å². The second-order valence-corrected chi connectivity index (χ2v) is 8.18. The van der Waals surface area contributed by atoms with Gasteiger partial charge in [-0.05, 0) is 11.6 Å². The number of aromatic nitrogens is 3. The van der Waals surface area contributed by atoms with Gasteiger partial charge in [0.2, 0.25) is 17.8 Å². The molecule has 2 aromatic heterocycles. The zero-order chi connectivity index (χ0) is 19.7. The van der Waals surface area contributed by atoms with Crippen molar-refractivity contribution in [3.63, 3.8) is 0 Å². The van der Waals surface area contributed by atoms with E-state index in [1.165, 1.54) is 6.20 Å². The quantitative estimate of drug-likeness (QED) is 0.775. The van der Waals surface area contributed by atoms with E-state index in [1.807, 2.05) is 0 Å². The van der Waals surface area contributed by atoms with Crippen LogP contribution in [0.2, 0.25) is 0 Å². The first-order valence-corrected chi connectivity index (χ1v) is 8.32. The Bertz CT molecular complexity index is 850. The highest BCUT2D eigenvalue weighted by Gasteiger charge is 2.25. The molecule has 0 aromatic carbocycles. The number of hydrogen-bond donors (Lipinski definition) is 3. The van der Waals surface area contributed by atoms with Crippen molar-refractivity contribution >= 4 is 34.6 Å². The van der Waals surface area contributed by atoms with Gasteiger partial charge in [-0.15, -0.1) is 0 Å². The molecule has 0 aliphatic rings. The fourth-order valence-corrected chi connectivity index (χ4v) is 1.88. The number of anilines is 2. The summed E-state index contributed by atoms with van der Waals surface area (Å²) in [5, 5.41) is 15.2. The Morgan fingerprint density at radius 2 is 1.58 bits per heavy atom. The second-order valence-electron chi connectivity index (χ2n) is 8.18. The smallest absolute Gasteiger partial charge is 0.233 e. The van der Waals surface area contributed by atoms with E-state index in [1.54, 1.807) is 47.6 Å². The summed E-state index contributed by atoms with van der Waals surface area (Å²) in [6.07, 6.45) is 1.49. The van der Waals surface area contributed by atoms with E-state index >= 15 is 0 Å². The van der Waals surface area contributed by atoms with Gasteiger partial charge in [-0.1, -0.05) is 41.5 Å². The third-order valence-corrected chi connectivity index (χ3v) is 3.61. The first kappa shape index (κ1) is 19.7. The van der Waals surface area contributed by atoms with Gasteiger partial charge in [0.05, 0.1) is 12.0 Å². The lowest BCUT2D eigenvalue weighted by Gasteiger charge is -2.19. The molecule has 140 valence electrons. The van der Waals surface area contributed by atoms with Crippen molar-refractivity contribution in [2.45, 2.75) is 48.1 Å². The van der Waals surface area contributed by atoms with Crippen LogP contribution in [-0.2, 0) is 16.2 Å². The van der Waals surface area contributed by atoms with Gasteiger partial charge in [-0.2, -0.15) is 9.97 Å². The molecule has 0 saturated carbocycles. The lowest BCUT2D eigenvalue weighted by molar-refractivity contribution is -0.123. The van der Waals surface area contributed by atoms with E-state index in [0.717, 1.165) is 0 Å². The van der Waals surface area contributed by atoms with Gasteiger partial charge < -0.3 is 10.4 Å². The number of carbonyl (C=O) groups is 2. The molecule has 3 N–H and O–H groups in total. The Hall–Kier alpha value is -2.61. The molecule has 26 heavy (non-hydrogen) atoms. The molecular weight excluding hydrogens is 334 g/mol. The van der Waals surface area contributed by atoms with E-state index in [2.05, 4.69) is 25.6 Å². The Morgan fingerprint density at radius 3 is 2.12 bits per heavy atom. The molecular formula is C18H25N5O3. The second kappa shape index (κ2) is 6.95.